The predicted octanol–water partition coefficient (Wildman–Crippen LogP) is 6.74. The van der Waals surface area contributed by atoms with Gasteiger partial charge in [0.05, 0.1) is 0 Å². The second kappa shape index (κ2) is 11.5. The van der Waals surface area contributed by atoms with E-state index in [1.165, 1.54) is 31.6 Å². The van der Waals surface area contributed by atoms with Crippen LogP contribution in [-0.2, 0) is 0 Å². The minimum absolute atomic E-state index is 0.752. The summed E-state index contributed by atoms with van der Waals surface area (Å²) in [4.78, 5) is 0. The summed E-state index contributed by atoms with van der Waals surface area (Å²) in [5.41, 5.74) is 5.35. The average Bonchev–Trinajstić information content (AvgIpc) is 2.84. The monoisotopic (exact) mass is 604 g/mol. The van der Waals surface area contributed by atoms with Gasteiger partial charge in [-0.15, -0.1) is 0 Å². The Hall–Kier alpha value is -1.92. The van der Waals surface area contributed by atoms with E-state index in [2.05, 4.69) is 128 Å². The van der Waals surface area contributed by atoms with Crippen molar-refractivity contribution in [3.8, 4) is 0 Å². The number of hydrogen-bond acceptors (Lipinski definition) is 2. The Morgan fingerprint density at radius 2 is 0.600 bits per heavy atom. The summed E-state index contributed by atoms with van der Waals surface area (Å²) < 4.78 is 7.93. The van der Waals surface area contributed by atoms with E-state index in [4.69, 9.17) is 0 Å². The first-order valence-electron chi connectivity index (χ1n) is 10.2. The summed E-state index contributed by atoms with van der Waals surface area (Å²) in [7, 11) is 0. The van der Waals surface area contributed by atoms with Crippen LogP contribution in [-0.4, -0.2) is 42.8 Å². The van der Waals surface area contributed by atoms with E-state index in [9.17, 15) is 0 Å². The zero-order chi connectivity index (χ0) is 20.4. The SMILES string of the molecule is c1ccc([N]([Sn][CH2][CH2][Sn][N](c2ccccc2)c2ccccc2)c2ccccc2)cc1. The molecule has 0 bridgehead atoms. The van der Waals surface area contributed by atoms with Gasteiger partial charge in [0.1, 0.15) is 0 Å². The van der Waals surface area contributed by atoms with Gasteiger partial charge >= 0.3 is 202 Å². The third-order valence-corrected chi connectivity index (χ3v) is 16.3. The molecule has 2 nitrogen and oxygen atoms in total. The Kier molecular flexibility index (Phi) is 8.15. The van der Waals surface area contributed by atoms with E-state index in [0.29, 0.717) is 0 Å². The molecule has 0 unspecified atom stereocenters. The van der Waals surface area contributed by atoms with Gasteiger partial charge < -0.3 is 0 Å². The van der Waals surface area contributed by atoms with Crippen molar-refractivity contribution in [1.29, 1.82) is 0 Å². The quantitative estimate of drug-likeness (QED) is 0.155. The summed E-state index contributed by atoms with van der Waals surface area (Å²) in [5.74, 6) is 0. The third-order valence-electron chi connectivity index (χ3n) is 4.72. The zero-order valence-corrected chi connectivity index (χ0v) is 22.6. The van der Waals surface area contributed by atoms with Gasteiger partial charge in [-0.2, -0.15) is 0 Å². The van der Waals surface area contributed by atoms with E-state index in [1.807, 2.05) is 0 Å². The Morgan fingerprint density at radius 1 is 0.367 bits per heavy atom. The van der Waals surface area contributed by atoms with Crippen LogP contribution in [0.4, 0.5) is 22.7 Å². The van der Waals surface area contributed by atoms with Crippen LogP contribution in [0.5, 0.6) is 0 Å². The van der Waals surface area contributed by atoms with Gasteiger partial charge in [0.15, 0.2) is 0 Å². The maximum absolute atomic E-state index is 2.61. The number of rotatable bonds is 9. The van der Waals surface area contributed by atoms with Crippen molar-refractivity contribution < 1.29 is 0 Å². The first-order valence-corrected chi connectivity index (χ1v) is 16.8. The molecule has 4 aromatic carbocycles. The number of nitrogens with zero attached hydrogens (tertiary/aromatic N) is 2. The topological polar surface area (TPSA) is 6.48 Å². The molecular formula is C26H24N2Sn2. The molecule has 30 heavy (non-hydrogen) atoms. The zero-order valence-electron chi connectivity index (χ0n) is 16.9. The standard InChI is InChI=1S/2C12H10N.C2H4.2Sn/c2*1-3-7-11(8-4-1)13-12-9-5-2-6-10-12;1-2;;/h2*1-10H;1-2H2;;/q2*-1;;2*+1. The molecule has 0 fully saturated rings. The predicted molar refractivity (Wildman–Crippen MR) is 131 cm³/mol. The Bertz CT molecular complexity index is 832. The van der Waals surface area contributed by atoms with E-state index >= 15 is 0 Å². The molecule has 146 valence electrons. The molecule has 4 radical (unpaired) electrons. The fourth-order valence-corrected chi connectivity index (χ4v) is 13.3. The van der Waals surface area contributed by atoms with Crippen LogP contribution in [0.25, 0.3) is 0 Å². The molecular weight excluding hydrogens is 578 g/mol. The molecule has 0 heterocycles. The van der Waals surface area contributed by atoms with Gasteiger partial charge in [0, 0.05) is 0 Å². The van der Waals surface area contributed by atoms with Crippen LogP contribution in [0.15, 0.2) is 121 Å². The first-order chi connectivity index (χ1) is 14.9. The molecule has 0 aliphatic rings. The van der Waals surface area contributed by atoms with E-state index in [0.717, 1.165) is 0 Å². The first kappa shape index (κ1) is 21.3. The Labute approximate surface area is 200 Å². The minimum atomic E-state index is -0.752. The summed E-state index contributed by atoms with van der Waals surface area (Å²) in [6, 6.07) is 43.5. The van der Waals surface area contributed by atoms with Crippen LogP contribution in [0.1, 0.15) is 0 Å². The van der Waals surface area contributed by atoms with Crippen molar-refractivity contribution in [2.45, 2.75) is 8.87 Å². The van der Waals surface area contributed by atoms with Crippen LogP contribution in [0.2, 0.25) is 8.87 Å². The normalized spacial score (nSPS) is 10.5. The molecule has 4 rings (SSSR count). The fourth-order valence-electron chi connectivity index (χ4n) is 3.31. The molecule has 0 atom stereocenters. The van der Waals surface area contributed by atoms with Crippen LogP contribution in [0.3, 0.4) is 0 Å². The van der Waals surface area contributed by atoms with Crippen molar-refractivity contribution >= 4 is 65.6 Å². The van der Waals surface area contributed by atoms with Crippen molar-refractivity contribution in [3.05, 3.63) is 121 Å². The Morgan fingerprint density at radius 3 is 0.833 bits per heavy atom. The van der Waals surface area contributed by atoms with Gasteiger partial charge in [-0.3, -0.25) is 0 Å². The van der Waals surface area contributed by atoms with Gasteiger partial charge in [-0.1, -0.05) is 0 Å². The molecule has 0 aliphatic heterocycles. The summed E-state index contributed by atoms with van der Waals surface area (Å²) in [6.45, 7) is 0. The van der Waals surface area contributed by atoms with Crippen LogP contribution >= 0.6 is 0 Å². The molecule has 4 heteroatoms. The van der Waals surface area contributed by atoms with Crippen LogP contribution in [0, 0.1) is 0 Å². The molecule has 0 saturated carbocycles. The maximum atomic E-state index is 2.61. The number of para-hydroxylation sites is 4. The van der Waals surface area contributed by atoms with Gasteiger partial charge in [-0.25, -0.2) is 0 Å². The summed E-state index contributed by atoms with van der Waals surface area (Å²) >= 11 is -1.50. The molecule has 0 aromatic heterocycles. The molecule has 0 N–H and O–H groups in total. The summed E-state index contributed by atoms with van der Waals surface area (Å²) in [5, 5.41) is 0. The van der Waals surface area contributed by atoms with Crippen molar-refractivity contribution in [3.63, 3.8) is 0 Å². The average molecular weight is 602 g/mol. The number of hydrogen-bond donors (Lipinski definition) is 0. The van der Waals surface area contributed by atoms with E-state index in [-0.39, 0.29) is 0 Å². The van der Waals surface area contributed by atoms with Gasteiger partial charge in [-0.05, 0) is 0 Å². The number of anilines is 4. The molecule has 4 aromatic rings. The van der Waals surface area contributed by atoms with E-state index < -0.39 is 42.8 Å². The van der Waals surface area contributed by atoms with E-state index in [1.54, 1.807) is 0 Å². The molecule has 0 saturated heterocycles. The van der Waals surface area contributed by atoms with Gasteiger partial charge in [0.25, 0.3) is 0 Å². The molecule has 0 aliphatic carbocycles. The van der Waals surface area contributed by atoms with Crippen LogP contribution < -0.4 is 6.24 Å². The molecule has 0 amide bonds. The fraction of sp³-hybridized carbons (Fsp3) is 0.0769. The Balaban J connectivity index is 1.45. The van der Waals surface area contributed by atoms with Crippen molar-refractivity contribution in [1.82, 2.24) is 0 Å². The molecule has 0 spiro atoms. The summed E-state index contributed by atoms with van der Waals surface area (Å²) in [6.07, 6.45) is 0. The number of benzene rings is 4. The van der Waals surface area contributed by atoms with Crippen molar-refractivity contribution in [2.24, 2.45) is 0 Å². The third kappa shape index (κ3) is 5.82. The second-order valence-electron chi connectivity index (χ2n) is 6.83. The van der Waals surface area contributed by atoms with Crippen molar-refractivity contribution in [2.75, 3.05) is 6.24 Å². The second-order valence-corrected chi connectivity index (χ2v) is 14.0. The van der Waals surface area contributed by atoms with Gasteiger partial charge in [0.2, 0.25) is 0 Å².